The van der Waals surface area contributed by atoms with E-state index in [0.717, 1.165) is 23.1 Å². The smallest absolute Gasteiger partial charge is 0.247 e. The Morgan fingerprint density at radius 1 is 1.15 bits per heavy atom. The van der Waals surface area contributed by atoms with Gasteiger partial charge in [0.15, 0.2) is 11.5 Å². The molecule has 34 heavy (non-hydrogen) atoms. The zero-order valence-electron chi connectivity index (χ0n) is 19.0. The maximum Gasteiger partial charge on any atom is 0.247 e. The van der Waals surface area contributed by atoms with E-state index >= 15 is 0 Å². The van der Waals surface area contributed by atoms with Gasteiger partial charge in [-0.2, -0.15) is 0 Å². The number of ether oxygens (including phenoxy) is 3. The van der Waals surface area contributed by atoms with Gasteiger partial charge in [0.05, 0.1) is 20.3 Å². The van der Waals surface area contributed by atoms with Crippen LogP contribution in [-0.4, -0.2) is 42.2 Å². The number of nitrogens with zero attached hydrogens (tertiary/aromatic N) is 2. The van der Waals surface area contributed by atoms with Crippen molar-refractivity contribution in [3.63, 3.8) is 0 Å². The van der Waals surface area contributed by atoms with Crippen LogP contribution in [0.25, 0.3) is 6.08 Å². The summed E-state index contributed by atoms with van der Waals surface area (Å²) in [6, 6.07) is 17.0. The van der Waals surface area contributed by atoms with Crippen molar-refractivity contribution in [2.45, 2.75) is 25.6 Å². The van der Waals surface area contributed by atoms with Crippen LogP contribution in [0.1, 0.15) is 23.1 Å². The summed E-state index contributed by atoms with van der Waals surface area (Å²) in [6.45, 7) is 2.09. The second-order valence-corrected chi connectivity index (χ2v) is 8.41. The fourth-order valence-electron chi connectivity index (χ4n) is 3.71. The van der Waals surface area contributed by atoms with Crippen molar-refractivity contribution in [3.05, 3.63) is 94.8 Å². The molecule has 176 valence electrons. The minimum absolute atomic E-state index is 0.0263. The molecule has 0 saturated carbocycles. The molecule has 1 aromatic heterocycles. The zero-order chi connectivity index (χ0) is 23.8. The fraction of sp³-hybridized carbons (Fsp3) is 0.259. The SMILES string of the molecule is COc1cc(CN(Cc2cccnc2)C(=O)/C=C/c2ccccc2Cl)ccc1O[C@H]1CCOC1. The van der Waals surface area contributed by atoms with E-state index in [-0.39, 0.29) is 12.0 Å². The standard InChI is InChI=1S/C27H27ClN2O4/c1-32-26-15-20(8-10-25(26)34-23-12-14-33-19-23)17-30(18-21-5-4-13-29-16-21)27(31)11-9-22-6-2-3-7-24(22)28/h2-11,13,15-16,23H,12,14,17-19H2,1H3/b11-9+/t23-/m0/s1. The van der Waals surface area contributed by atoms with E-state index in [1.165, 1.54) is 0 Å². The van der Waals surface area contributed by atoms with Crippen LogP contribution in [0.5, 0.6) is 11.5 Å². The Balaban J connectivity index is 1.53. The Kier molecular flexibility index (Phi) is 8.17. The molecule has 4 rings (SSSR count). The van der Waals surface area contributed by atoms with E-state index in [9.17, 15) is 4.79 Å². The van der Waals surface area contributed by atoms with Gasteiger partial charge < -0.3 is 19.1 Å². The first-order valence-electron chi connectivity index (χ1n) is 11.1. The zero-order valence-corrected chi connectivity index (χ0v) is 19.8. The molecule has 0 bridgehead atoms. The van der Waals surface area contributed by atoms with Crippen molar-refractivity contribution in [1.82, 2.24) is 9.88 Å². The van der Waals surface area contributed by atoms with E-state index in [2.05, 4.69) is 4.98 Å². The van der Waals surface area contributed by atoms with Gasteiger partial charge in [-0.25, -0.2) is 0 Å². The molecule has 1 aliphatic heterocycles. The summed E-state index contributed by atoms with van der Waals surface area (Å²) < 4.78 is 17.0. The number of hydrogen-bond acceptors (Lipinski definition) is 5. The Hall–Kier alpha value is -3.35. The second kappa shape index (κ2) is 11.7. The van der Waals surface area contributed by atoms with Crippen LogP contribution in [0.3, 0.4) is 0 Å². The van der Waals surface area contributed by atoms with E-state index < -0.39 is 0 Å². The van der Waals surface area contributed by atoms with Gasteiger partial charge in [-0.1, -0.05) is 41.9 Å². The number of amides is 1. The lowest BCUT2D eigenvalue weighted by Gasteiger charge is -2.22. The van der Waals surface area contributed by atoms with Gasteiger partial charge in [-0.3, -0.25) is 9.78 Å². The molecular weight excluding hydrogens is 452 g/mol. The predicted molar refractivity (Wildman–Crippen MR) is 132 cm³/mol. The first kappa shape index (κ1) is 23.8. The number of aromatic nitrogens is 1. The van der Waals surface area contributed by atoms with Crippen LogP contribution in [0.4, 0.5) is 0 Å². The summed E-state index contributed by atoms with van der Waals surface area (Å²) in [5.41, 5.74) is 2.66. The molecule has 0 N–H and O–H groups in total. The molecule has 3 aromatic rings. The second-order valence-electron chi connectivity index (χ2n) is 8.00. The van der Waals surface area contributed by atoms with Crippen LogP contribution in [0.2, 0.25) is 5.02 Å². The molecule has 2 aromatic carbocycles. The highest BCUT2D eigenvalue weighted by atomic mass is 35.5. The first-order chi connectivity index (χ1) is 16.6. The van der Waals surface area contributed by atoms with Gasteiger partial charge >= 0.3 is 0 Å². The summed E-state index contributed by atoms with van der Waals surface area (Å²) in [6.07, 6.45) is 7.65. The molecule has 0 aliphatic carbocycles. The van der Waals surface area contributed by atoms with Crippen LogP contribution in [-0.2, 0) is 22.6 Å². The molecule has 1 aliphatic rings. The Morgan fingerprint density at radius 3 is 2.74 bits per heavy atom. The molecule has 0 unspecified atom stereocenters. The third-order valence-electron chi connectivity index (χ3n) is 5.50. The average molecular weight is 479 g/mol. The van der Waals surface area contributed by atoms with Gasteiger partial charge in [-0.05, 0) is 47.0 Å². The number of carbonyl (C=O) groups is 1. The topological polar surface area (TPSA) is 60.9 Å². The van der Waals surface area contributed by atoms with Crippen LogP contribution in [0.15, 0.2) is 73.1 Å². The number of halogens is 1. The van der Waals surface area contributed by atoms with Crippen LogP contribution in [0, 0.1) is 0 Å². The molecule has 1 fully saturated rings. The van der Waals surface area contributed by atoms with Crippen molar-refractivity contribution in [1.29, 1.82) is 0 Å². The van der Waals surface area contributed by atoms with Crippen molar-refractivity contribution < 1.29 is 19.0 Å². The third kappa shape index (κ3) is 6.37. The Labute approximate surface area is 204 Å². The summed E-state index contributed by atoms with van der Waals surface area (Å²) in [5.74, 6) is 1.17. The molecule has 1 atom stereocenters. The number of rotatable bonds is 9. The van der Waals surface area contributed by atoms with Crippen molar-refractivity contribution in [2.24, 2.45) is 0 Å². The van der Waals surface area contributed by atoms with Crippen LogP contribution < -0.4 is 9.47 Å². The lowest BCUT2D eigenvalue weighted by molar-refractivity contribution is -0.127. The number of hydrogen-bond donors (Lipinski definition) is 0. The highest BCUT2D eigenvalue weighted by Gasteiger charge is 2.20. The lowest BCUT2D eigenvalue weighted by atomic mass is 10.1. The maximum atomic E-state index is 13.2. The average Bonchev–Trinajstić information content (AvgIpc) is 3.37. The van der Waals surface area contributed by atoms with E-state index in [1.807, 2.05) is 48.5 Å². The third-order valence-corrected chi connectivity index (χ3v) is 5.85. The van der Waals surface area contributed by atoms with Crippen molar-refractivity contribution >= 4 is 23.6 Å². The molecule has 6 nitrogen and oxygen atoms in total. The number of methoxy groups -OCH3 is 1. The Bertz CT molecular complexity index is 1130. The number of pyridine rings is 1. The largest absolute Gasteiger partial charge is 0.493 e. The van der Waals surface area contributed by atoms with E-state index in [4.69, 9.17) is 25.8 Å². The highest BCUT2D eigenvalue weighted by Crippen LogP contribution is 2.31. The van der Waals surface area contributed by atoms with Gasteiger partial charge in [0.2, 0.25) is 5.91 Å². The molecular formula is C27H27ClN2O4. The van der Waals surface area contributed by atoms with Gasteiger partial charge in [-0.15, -0.1) is 0 Å². The predicted octanol–water partition coefficient (Wildman–Crippen LogP) is 5.15. The minimum atomic E-state index is -0.133. The molecule has 0 radical (unpaired) electrons. The monoisotopic (exact) mass is 478 g/mol. The molecule has 0 spiro atoms. The summed E-state index contributed by atoms with van der Waals surface area (Å²) >= 11 is 6.24. The van der Waals surface area contributed by atoms with Crippen LogP contribution >= 0.6 is 11.6 Å². The van der Waals surface area contributed by atoms with Gasteiger partial charge in [0.1, 0.15) is 6.10 Å². The number of benzene rings is 2. The first-order valence-corrected chi connectivity index (χ1v) is 11.5. The number of carbonyl (C=O) groups excluding carboxylic acids is 1. The summed E-state index contributed by atoms with van der Waals surface area (Å²) in [5, 5.41) is 0.596. The normalized spacial score (nSPS) is 15.4. The summed E-state index contributed by atoms with van der Waals surface area (Å²) in [4.78, 5) is 19.1. The quantitative estimate of drug-likeness (QED) is 0.398. The molecule has 1 amide bonds. The maximum absolute atomic E-state index is 13.2. The Morgan fingerprint density at radius 2 is 2.00 bits per heavy atom. The van der Waals surface area contributed by atoms with Crippen molar-refractivity contribution in [3.8, 4) is 11.5 Å². The fourth-order valence-corrected chi connectivity index (χ4v) is 3.91. The van der Waals surface area contributed by atoms with E-state index in [0.29, 0.717) is 42.8 Å². The lowest BCUT2D eigenvalue weighted by Crippen LogP contribution is -2.28. The van der Waals surface area contributed by atoms with E-state index in [1.54, 1.807) is 42.6 Å². The minimum Gasteiger partial charge on any atom is -0.493 e. The summed E-state index contributed by atoms with van der Waals surface area (Å²) in [7, 11) is 1.61. The van der Waals surface area contributed by atoms with Gasteiger partial charge in [0.25, 0.3) is 0 Å². The highest BCUT2D eigenvalue weighted by molar-refractivity contribution is 6.32. The van der Waals surface area contributed by atoms with Crippen molar-refractivity contribution in [2.75, 3.05) is 20.3 Å². The van der Waals surface area contributed by atoms with Gasteiger partial charge in [0, 0.05) is 43.0 Å². The molecule has 7 heteroatoms. The molecule has 2 heterocycles. The molecule has 1 saturated heterocycles.